The van der Waals surface area contributed by atoms with Gasteiger partial charge in [-0.2, -0.15) is 0 Å². The minimum Gasteiger partial charge on any atom is -0.393 e. The molecule has 1 aliphatic carbocycles. The summed E-state index contributed by atoms with van der Waals surface area (Å²) in [4.78, 5) is 0. The first kappa shape index (κ1) is 10.7. The maximum absolute atomic E-state index is 9.75. The zero-order chi connectivity index (χ0) is 11.2. The molecule has 0 aliphatic heterocycles. The van der Waals surface area contributed by atoms with E-state index in [1.54, 1.807) is 0 Å². The molecule has 2 rings (SSSR count). The summed E-state index contributed by atoms with van der Waals surface area (Å²) in [7, 11) is 0. The van der Waals surface area contributed by atoms with Crippen LogP contribution < -0.4 is 0 Å². The first-order chi connectivity index (χ1) is 6.91. The van der Waals surface area contributed by atoms with E-state index in [0.717, 1.165) is 6.42 Å². The van der Waals surface area contributed by atoms with Crippen molar-refractivity contribution in [2.24, 2.45) is 5.41 Å². The molecule has 1 fully saturated rings. The zero-order valence-corrected chi connectivity index (χ0v) is 10.0. The fourth-order valence-electron chi connectivity index (χ4n) is 2.68. The van der Waals surface area contributed by atoms with Crippen LogP contribution in [-0.4, -0.2) is 11.2 Å². The van der Waals surface area contributed by atoms with Crippen molar-refractivity contribution in [3.8, 4) is 0 Å². The molecule has 1 aliphatic rings. The van der Waals surface area contributed by atoms with Crippen LogP contribution in [0.5, 0.6) is 0 Å². The van der Waals surface area contributed by atoms with Crippen LogP contribution in [-0.2, 0) is 0 Å². The maximum Gasteiger partial charge on any atom is 0.0603 e. The molecule has 0 radical (unpaired) electrons. The monoisotopic (exact) mass is 204 g/mol. The van der Waals surface area contributed by atoms with E-state index in [-0.39, 0.29) is 11.5 Å². The SMILES string of the molecule is Cc1cc(C)cc(C2CC(O)C2(C)C)c1. The first-order valence-corrected chi connectivity index (χ1v) is 5.67. The Morgan fingerprint density at radius 2 is 1.67 bits per heavy atom. The fourth-order valence-corrected chi connectivity index (χ4v) is 2.68. The number of hydrogen-bond acceptors (Lipinski definition) is 1. The van der Waals surface area contributed by atoms with Gasteiger partial charge in [-0.15, -0.1) is 0 Å². The van der Waals surface area contributed by atoms with E-state index in [2.05, 4.69) is 45.9 Å². The third kappa shape index (κ3) is 1.69. The topological polar surface area (TPSA) is 20.2 Å². The van der Waals surface area contributed by atoms with Gasteiger partial charge in [0.05, 0.1) is 6.10 Å². The van der Waals surface area contributed by atoms with E-state index >= 15 is 0 Å². The van der Waals surface area contributed by atoms with Crippen molar-refractivity contribution < 1.29 is 5.11 Å². The maximum atomic E-state index is 9.75. The molecular formula is C14H20O. The average Bonchev–Trinajstić information content (AvgIpc) is 2.12. The average molecular weight is 204 g/mol. The molecule has 0 heterocycles. The number of aliphatic hydroxyl groups excluding tert-OH is 1. The van der Waals surface area contributed by atoms with E-state index in [1.807, 2.05) is 0 Å². The molecule has 1 heteroatoms. The van der Waals surface area contributed by atoms with Crippen LogP contribution in [0.4, 0.5) is 0 Å². The van der Waals surface area contributed by atoms with Crippen LogP contribution in [0, 0.1) is 19.3 Å². The van der Waals surface area contributed by atoms with Gasteiger partial charge in [-0.3, -0.25) is 0 Å². The smallest absolute Gasteiger partial charge is 0.0603 e. The lowest BCUT2D eigenvalue weighted by Gasteiger charge is -2.49. The van der Waals surface area contributed by atoms with Gasteiger partial charge in [0.1, 0.15) is 0 Å². The van der Waals surface area contributed by atoms with Crippen LogP contribution >= 0.6 is 0 Å². The number of hydrogen-bond donors (Lipinski definition) is 1. The van der Waals surface area contributed by atoms with Gasteiger partial charge in [-0.25, -0.2) is 0 Å². The van der Waals surface area contributed by atoms with E-state index in [4.69, 9.17) is 0 Å². The lowest BCUT2D eigenvalue weighted by Crippen LogP contribution is -2.47. The molecule has 1 N–H and O–H groups in total. The summed E-state index contributed by atoms with van der Waals surface area (Å²) >= 11 is 0. The quantitative estimate of drug-likeness (QED) is 0.745. The highest BCUT2D eigenvalue weighted by Crippen LogP contribution is 2.52. The highest BCUT2D eigenvalue weighted by Gasteiger charge is 2.47. The van der Waals surface area contributed by atoms with Crippen molar-refractivity contribution in [3.63, 3.8) is 0 Å². The molecule has 82 valence electrons. The van der Waals surface area contributed by atoms with E-state index in [9.17, 15) is 5.11 Å². The summed E-state index contributed by atoms with van der Waals surface area (Å²) in [6.07, 6.45) is 0.777. The highest BCUT2D eigenvalue weighted by atomic mass is 16.3. The van der Waals surface area contributed by atoms with Crippen LogP contribution in [0.3, 0.4) is 0 Å². The van der Waals surface area contributed by atoms with E-state index in [1.165, 1.54) is 16.7 Å². The minimum absolute atomic E-state index is 0.0419. The molecule has 2 atom stereocenters. The van der Waals surface area contributed by atoms with Crippen LogP contribution in [0.2, 0.25) is 0 Å². The summed E-state index contributed by atoms with van der Waals surface area (Å²) in [6, 6.07) is 6.71. The molecule has 15 heavy (non-hydrogen) atoms. The van der Waals surface area contributed by atoms with Crippen molar-refractivity contribution >= 4 is 0 Å². The second kappa shape index (κ2) is 3.34. The molecule has 0 spiro atoms. The van der Waals surface area contributed by atoms with Crippen molar-refractivity contribution in [3.05, 3.63) is 34.9 Å². The van der Waals surface area contributed by atoms with Crippen LogP contribution in [0.25, 0.3) is 0 Å². The summed E-state index contributed by atoms with van der Waals surface area (Å²) in [5.41, 5.74) is 4.08. The van der Waals surface area contributed by atoms with Gasteiger partial charge < -0.3 is 5.11 Å². The van der Waals surface area contributed by atoms with Gasteiger partial charge in [0, 0.05) is 0 Å². The number of rotatable bonds is 1. The lowest BCUT2D eigenvalue weighted by molar-refractivity contribution is -0.0625. The van der Waals surface area contributed by atoms with Gasteiger partial charge in [0.2, 0.25) is 0 Å². The van der Waals surface area contributed by atoms with Crippen molar-refractivity contribution in [2.45, 2.75) is 46.1 Å². The minimum atomic E-state index is -0.136. The van der Waals surface area contributed by atoms with E-state index in [0.29, 0.717) is 5.92 Å². The van der Waals surface area contributed by atoms with Crippen molar-refractivity contribution in [1.82, 2.24) is 0 Å². The second-order valence-corrected chi connectivity index (χ2v) is 5.55. The largest absolute Gasteiger partial charge is 0.393 e. The van der Waals surface area contributed by atoms with Crippen LogP contribution in [0.1, 0.15) is 42.9 Å². The predicted molar refractivity (Wildman–Crippen MR) is 63.1 cm³/mol. The third-order valence-corrected chi connectivity index (χ3v) is 3.86. The Balaban J connectivity index is 2.32. The Morgan fingerprint density at radius 3 is 2.07 bits per heavy atom. The summed E-state index contributed by atoms with van der Waals surface area (Å²) < 4.78 is 0. The Hall–Kier alpha value is -0.820. The predicted octanol–water partition coefficient (Wildman–Crippen LogP) is 3.18. The number of aliphatic hydroxyl groups is 1. The number of benzene rings is 1. The normalized spacial score (nSPS) is 28.6. The van der Waals surface area contributed by atoms with Crippen LogP contribution in [0.15, 0.2) is 18.2 Å². The van der Waals surface area contributed by atoms with Gasteiger partial charge in [0.15, 0.2) is 0 Å². The van der Waals surface area contributed by atoms with E-state index < -0.39 is 0 Å². The van der Waals surface area contributed by atoms with Gasteiger partial charge in [0.25, 0.3) is 0 Å². The Bertz CT molecular complexity index is 359. The molecule has 0 bridgehead atoms. The summed E-state index contributed by atoms with van der Waals surface area (Å²) in [5.74, 6) is 0.520. The lowest BCUT2D eigenvalue weighted by atomic mass is 9.57. The fraction of sp³-hybridized carbons (Fsp3) is 0.571. The molecule has 0 amide bonds. The van der Waals surface area contributed by atoms with Gasteiger partial charge in [-0.1, -0.05) is 43.2 Å². The Labute approximate surface area is 92.1 Å². The second-order valence-electron chi connectivity index (χ2n) is 5.55. The molecule has 1 nitrogen and oxygen atoms in total. The summed E-state index contributed by atoms with van der Waals surface area (Å²) in [6.45, 7) is 8.59. The third-order valence-electron chi connectivity index (χ3n) is 3.86. The molecule has 1 aromatic carbocycles. The summed E-state index contributed by atoms with van der Waals surface area (Å²) in [5, 5.41) is 9.75. The molecule has 1 aromatic rings. The van der Waals surface area contributed by atoms with Crippen molar-refractivity contribution in [1.29, 1.82) is 0 Å². The van der Waals surface area contributed by atoms with Gasteiger partial charge >= 0.3 is 0 Å². The first-order valence-electron chi connectivity index (χ1n) is 5.67. The molecule has 1 saturated carbocycles. The van der Waals surface area contributed by atoms with Gasteiger partial charge in [-0.05, 0) is 37.2 Å². The molecule has 0 aromatic heterocycles. The van der Waals surface area contributed by atoms with Crippen molar-refractivity contribution in [2.75, 3.05) is 0 Å². The zero-order valence-electron chi connectivity index (χ0n) is 10.0. The standard InChI is InChI=1S/C14H20O/c1-9-5-10(2)7-11(6-9)12-8-13(15)14(12,3)4/h5-7,12-13,15H,8H2,1-4H3. The Morgan fingerprint density at radius 1 is 1.13 bits per heavy atom. The Kier molecular flexibility index (Phi) is 2.38. The molecule has 0 saturated heterocycles. The highest BCUT2D eigenvalue weighted by molar-refractivity contribution is 5.34. The number of aryl methyl sites for hydroxylation is 2. The molecular weight excluding hydrogens is 184 g/mol. The molecule has 2 unspecified atom stereocenters.